The lowest BCUT2D eigenvalue weighted by molar-refractivity contribution is -0.155. The van der Waals surface area contributed by atoms with Crippen molar-refractivity contribution < 1.29 is 24.2 Å². The fraction of sp³-hybridized carbons (Fsp3) is 0.464. The van der Waals surface area contributed by atoms with Gasteiger partial charge in [-0.25, -0.2) is 9.59 Å². The highest BCUT2D eigenvalue weighted by molar-refractivity contribution is 5.89. The van der Waals surface area contributed by atoms with Crippen molar-refractivity contribution >= 4 is 18.0 Å². The number of hydrogen-bond acceptors (Lipinski definition) is 4. The molecule has 1 aliphatic carbocycles. The molecule has 35 heavy (non-hydrogen) atoms. The van der Waals surface area contributed by atoms with Crippen LogP contribution in [0.3, 0.4) is 0 Å². The van der Waals surface area contributed by atoms with Crippen LogP contribution in [0.15, 0.2) is 48.5 Å². The summed E-state index contributed by atoms with van der Waals surface area (Å²) in [6.45, 7) is 2.63. The number of aliphatic carboxylic acids is 1. The lowest BCUT2D eigenvalue weighted by Crippen LogP contribution is -2.51. The van der Waals surface area contributed by atoms with Crippen LogP contribution in [0.2, 0.25) is 0 Å². The number of amides is 2. The zero-order chi connectivity index (χ0) is 24.6. The summed E-state index contributed by atoms with van der Waals surface area (Å²) in [6, 6.07) is 16.5. The summed E-state index contributed by atoms with van der Waals surface area (Å²) >= 11 is 0. The molecule has 2 aliphatic heterocycles. The maximum absolute atomic E-state index is 12.9. The van der Waals surface area contributed by atoms with Gasteiger partial charge in [0.15, 0.2) is 0 Å². The van der Waals surface area contributed by atoms with E-state index in [2.05, 4.69) is 29.6 Å². The van der Waals surface area contributed by atoms with Crippen molar-refractivity contribution in [2.75, 3.05) is 13.2 Å². The highest BCUT2D eigenvalue weighted by atomic mass is 16.5. The van der Waals surface area contributed by atoms with Crippen LogP contribution < -0.4 is 5.32 Å². The van der Waals surface area contributed by atoms with Crippen molar-refractivity contribution in [2.24, 2.45) is 5.92 Å². The number of benzene rings is 2. The first-order chi connectivity index (χ1) is 16.9. The molecule has 184 valence electrons. The Kier molecular flexibility index (Phi) is 6.26. The Hall–Kier alpha value is -3.35. The van der Waals surface area contributed by atoms with Gasteiger partial charge in [-0.05, 0) is 60.3 Å². The summed E-state index contributed by atoms with van der Waals surface area (Å²) in [6.07, 6.45) is 3.10. The Bertz CT molecular complexity index is 1090. The Morgan fingerprint density at radius 3 is 2.26 bits per heavy atom. The summed E-state index contributed by atoms with van der Waals surface area (Å²) in [5, 5.41) is 12.5. The first-order valence-corrected chi connectivity index (χ1v) is 12.5. The lowest BCUT2D eigenvalue weighted by Gasteiger charge is -2.31. The van der Waals surface area contributed by atoms with Gasteiger partial charge in [0, 0.05) is 24.9 Å². The quantitative estimate of drug-likeness (QED) is 0.583. The number of fused-ring (bicyclic) bond motifs is 5. The number of hydrogen-bond donors (Lipinski definition) is 2. The van der Waals surface area contributed by atoms with E-state index < -0.39 is 17.6 Å². The fourth-order valence-corrected chi connectivity index (χ4v) is 6.26. The van der Waals surface area contributed by atoms with Crippen LogP contribution in [0.5, 0.6) is 0 Å². The molecule has 1 unspecified atom stereocenters. The first kappa shape index (κ1) is 23.4. The van der Waals surface area contributed by atoms with Crippen molar-refractivity contribution in [1.29, 1.82) is 0 Å². The Morgan fingerprint density at radius 1 is 1.06 bits per heavy atom. The van der Waals surface area contributed by atoms with E-state index in [9.17, 15) is 19.5 Å². The lowest BCUT2D eigenvalue weighted by atomic mass is 9.88. The molecule has 2 bridgehead atoms. The van der Waals surface area contributed by atoms with E-state index in [-0.39, 0.29) is 36.8 Å². The summed E-state index contributed by atoms with van der Waals surface area (Å²) in [7, 11) is 0. The molecule has 2 amide bonds. The number of carbonyl (C=O) groups excluding carboxylic acids is 2. The van der Waals surface area contributed by atoms with E-state index in [0.29, 0.717) is 25.8 Å². The monoisotopic (exact) mass is 476 g/mol. The molecule has 7 nitrogen and oxygen atoms in total. The Balaban J connectivity index is 1.09. The minimum absolute atomic E-state index is 0.0158. The second kappa shape index (κ2) is 9.36. The average molecular weight is 477 g/mol. The molecule has 2 fully saturated rings. The molecule has 2 aromatic rings. The fourth-order valence-electron chi connectivity index (χ4n) is 6.26. The molecule has 3 aliphatic rings. The number of carboxylic acids is 1. The number of nitrogens with one attached hydrogen (secondary N) is 1. The maximum Gasteiger partial charge on any atom is 0.407 e. The molecule has 1 atom stereocenters. The van der Waals surface area contributed by atoms with Crippen LogP contribution in [0, 0.1) is 5.92 Å². The first-order valence-electron chi connectivity index (χ1n) is 12.5. The minimum atomic E-state index is -0.999. The molecular formula is C28H32N2O5. The zero-order valence-corrected chi connectivity index (χ0v) is 20.0. The molecule has 0 saturated carbocycles. The van der Waals surface area contributed by atoms with Gasteiger partial charge in [0.2, 0.25) is 5.91 Å². The van der Waals surface area contributed by atoms with Crippen LogP contribution in [-0.2, 0) is 14.3 Å². The van der Waals surface area contributed by atoms with E-state index in [4.69, 9.17) is 4.74 Å². The van der Waals surface area contributed by atoms with Gasteiger partial charge in [0.25, 0.3) is 0 Å². The van der Waals surface area contributed by atoms with E-state index >= 15 is 0 Å². The Labute approximate surface area is 205 Å². The van der Waals surface area contributed by atoms with Crippen LogP contribution in [0.4, 0.5) is 4.79 Å². The second-order valence-corrected chi connectivity index (χ2v) is 10.2. The third kappa shape index (κ3) is 4.17. The van der Waals surface area contributed by atoms with Gasteiger partial charge in [-0.2, -0.15) is 0 Å². The second-order valence-electron chi connectivity index (χ2n) is 10.2. The number of rotatable bonds is 8. The standard InChI is InChI=1S/C28H32N2O5/c1-18(16-25(31)30-19-10-13-28(30,14-11-19)26(32)33)12-15-29-27(34)35-17-24-22-8-4-2-6-20(22)21-7-3-5-9-23(21)24/h2-9,18-19,24H,10-17H2,1H3,(H,29,34)(H,32,33). The normalized spacial score (nSPS) is 23.0. The van der Waals surface area contributed by atoms with Crippen molar-refractivity contribution in [1.82, 2.24) is 10.2 Å². The van der Waals surface area contributed by atoms with E-state index in [1.54, 1.807) is 4.90 Å². The topological polar surface area (TPSA) is 95.9 Å². The zero-order valence-electron chi connectivity index (χ0n) is 20.0. The summed E-state index contributed by atoms with van der Waals surface area (Å²) in [5.41, 5.74) is 3.71. The van der Waals surface area contributed by atoms with E-state index in [0.717, 1.165) is 12.8 Å². The molecule has 7 heteroatoms. The maximum atomic E-state index is 12.9. The molecule has 2 aromatic carbocycles. The van der Waals surface area contributed by atoms with Crippen LogP contribution in [0.1, 0.15) is 62.5 Å². The predicted molar refractivity (Wildman–Crippen MR) is 131 cm³/mol. The van der Waals surface area contributed by atoms with Gasteiger partial charge >= 0.3 is 12.1 Å². The van der Waals surface area contributed by atoms with Crippen molar-refractivity contribution in [3.05, 3.63) is 59.7 Å². The van der Waals surface area contributed by atoms with E-state index in [1.807, 2.05) is 31.2 Å². The largest absolute Gasteiger partial charge is 0.479 e. The average Bonchev–Trinajstić information content (AvgIpc) is 3.52. The summed E-state index contributed by atoms with van der Waals surface area (Å²) in [5.74, 6) is -0.916. The van der Waals surface area contributed by atoms with Gasteiger partial charge in [0.05, 0.1) is 0 Å². The predicted octanol–water partition coefficient (Wildman–Crippen LogP) is 4.55. The summed E-state index contributed by atoms with van der Waals surface area (Å²) < 4.78 is 5.57. The molecular weight excluding hydrogens is 444 g/mol. The van der Waals surface area contributed by atoms with Crippen LogP contribution in [-0.4, -0.2) is 52.7 Å². The number of carboxylic acid groups (broad SMARTS) is 1. The van der Waals surface area contributed by atoms with Crippen LogP contribution in [0.25, 0.3) is 11.1 Å². The van der Waals surface area contributed by atoms with E-state index in [1.165, 1.54) is 22.3 Å². The molecule has 0 aromatic heterocycles. The SMILES string of the molecule is CC(CCNC(=O)OCC1c2ccccc2-c2ccccc21)CC(=O)N1C2CCC1(C(=O)O)CC2. The third-order valence-corrected chi connectivity index (χ3v) is 8.05. The number of alkyl carbamates (subject to hydrolysis) is 1. The summed E-state index contributed by atoms with van der Waals surface area (Å²) in [4.78, 5) is 38.8. The van der Waals surface area contributed by atoms with Gasteiger partial charge in [-0.15, -0.1) is 0 Å². The van der Waals surface area contributed by atoms with Crippen LogP contribution >= 0.6 is 0 Å². The number of carbonyl (C=O) groups is 3. The number of nitrogens with zero attached hydrogens (tertiary/aromatic N) is 1. The molecule has 5 rings (SSSR count). The van der Waals surface area contributed by atoms with Crippen molar-refractivity contribution in [3.8, 4) is 11.1 Å². The number of ether oxygens (including phenoxy) is 1. The van der Waals surface area contributed by atoms with Gasteiger partial charge in [-0.3, -0.25) is 4.79 Å². The van der Waals surface area contributed by atoms with Gasteiger partial charge < -0.3 is 20.1 Å². The molecule has 0 spiro atoms. The highest BCUT2D eigenvalue weighted by Gasteiger charge is 2.58. The third-order valence-electron chi connectivity index (χ3n) is 8.05. The Morgan fingerprint density at radius 2 is 1.66 bits per heavy atom. The highest BCUT2D eigenvalue weighted by Crippen LogP contribution is 2.47. The minimum Gasteiger partial charge on any atom is -0.479 e. The van der Waals surface area contributed by atoms with Crippen molar-refractivity contribution in [2.45, 2.75) is 62.9 Å². The molecule has 2 saturated heterocycles. The van der Waals surface area contributed by atoms with Gasteiger partial charge in [0.1, 0.15) is 12.1 Å². The molecule has 2 heterocycles. The van der Waals surface area contributed by atoms with Gasteiger partial charge in [-0.1, -0.05) is 55.5 Å². The molecule has 2 N–H and O–H groups in total. The van der Waals surface area contributed by atoms with Crippen molar-refractivity contribution in [3.63, 3.8) is 0 Å². The molecule has 0 radical (unpaired) electrons. The smallest absolute Gasteiger partial charge is 0.407 e.